The molecule has 0 N–H and O–H groups in total. The van der Waals surface area contributed by atoms with Gasteiger partial charge in [-0.1, -0.05) is 6.07 Å². The number of nitrogens with zero attached hydrogens (tertiary/aromatic N) is 1. The van der Waals surface area contributed by atoms with Crippen LogP contribution < -0.4 is 10.4 Å². The molecule has 1 aromatic heterocycles. The molecule has 3 aromatic rings. The van der Waals surface area contributed by atoms with Crippen LogP contribution in [0.1, 0.15) is 5.56 Å². The summed E-state index contributed by atoms with van der Waals surface area (Å²) in [4.78, 5) is 22.7. The first-order valence-electron chi connectivity index (χ1n) is 6.22. The molecule has 0 aliphatic carbocycles. The van der Waals surface area contributed by atoms with Crippen molar-refractivity contribution >= 4 is 27.4 Å². The number of nitro benzene ring substituents is 1. The molecule has 0 spiro atoms. The fraction of sp³-hybridized carbons (Fsp3) is 0.133. The van der Waals surface area contributed by atoms with Crippen LogP contribution in [0.2, 0.25) is 0 Å². The van der Waals surface area contributed by atoms with Gasteiger partial charge in [-0.15, -0.1) is 0 Å². The van der Waals surface area contributed by atoms with Gasteiger partial charge in [-0.2, -0.15) is 0 Å². The van der Waals surface area contributed by atoms with Crippen molar-refractivity contribution in [2.24, 2.45) is 0 Å². The van der Waals surface area contributed by atoms with Crippen LogP contribution >= 0.6 is 0 Å². The number of hydrogen-bond donors (Lipinski definition) is 0. The van der Waals surface area contributed by atoms with Gasteiger partial charge in [0.25, 0.3) is 5.69 Å². The fourth-order valence-corrected chi connectivity index (χ4v) is 2.55. The summed E-state index contributed by atoms with van der Waals surface area (Å²) in [6, 6.07) is 8.08. The quantitative estimate of drug-likeness (QED) is 0.312. The molecule has 0 atom stereocenters. The molecule has 21 heavy (non-hydrogen) atoms. The highest BCUT2D eigenvalue weighted by Crippen LogP contribution is 2.34. The minimum atomic E-state index is -0.591. The van der Waals surface area contributed by atoms with E-state index in [-0.39, 0.29) is 11.1 Å². The zero-order chi connectivity index (χ0) is 15.1. The second kappa shape index (κ2) is 4.59. The van der Waals surface area contributed by atoms with Gasteiger partial charge in [0.15, 0.2) is 0 Å². The van der Waals surface area contributed by atoms with Gasteiger partial charge in [0.1, 0.15) is 11.3 Å². The first-order chi connectivity index (χ1) is 10.0. The summed E-state index contributed by atoms with van der Waals surface area (Å²) in [6.07, 6.45) is 0. The maximum absolute atomic E-state index is 12.2. The molecule has 0 saturated carbocycles. The summed E-state index contributed by atoms with van der Waals surface area (Å²) in [5, 5.41) is 12.4. The Balaban J connectivity index is 2.60. The van der Waals surface area contributed by atoms with Crippen LogP contribution in [0.4, 0.5) is 5.69 Å². The van der Waals surface area contributed by atoms with E-state index >= 15 is 0 Å². The van der Waals surface area contributed by atoms with Gasteiger partial charge < -0.3 is 9.15 Å². The van der Waals surface area contributed by atoms with Gasteiger partial charge in [0.2, 0.25) is 0 Å². The monoisotopic (exact) mass is 285 g/mol. The summed E-state index contributed by atoms with van der Waals surface area (Å²) in [5.41, 5.74) is -0.0184. The van der Waals surface area contributed by atoms with Gasteiger partial charge in [0, 0.05) is 17.0 Å². The molecule has 0 fully saturated rings. The second-order valence-electron chi connectivity index (χ2n) is 4.61. The van der Waals surface area contributed by atoms with Gasteiger partial charge in [0.05, 0.1) is 22.8 Å². The molecule has 1 heterocycles. The molecule has 6 heteroatoms. The molecule has 0 aliphatic heterocycles. The van der Waals surface area contributed by atoms with E-state index in [4.69, 9.17) is 9.15 Å². The Labute approximate surface area is 118 Å². The Hall–Kier alpha value is -2.89. The average Bonchev–Trinajstić information content (AvgIpc) is 2.46. The highest BCUT2D eigenvalue weighted by Gasteiger charge is 2.19. The number of hydrogen-bond acceptors (Lipinski definition) is 5. The van der Waals surface area contributed by atoms with Crippen LogP contribution in [0, 0.1) is 17.0 Å². The largest absolute Gasteiger partial charge is 0.496 e. The van der Waals surface area contributed by atoms with Crippen LogP contribution in [0.25, 0.3) is 21.7 Å². The smallest absolute Gasteiger partial charge is 0.344 e. The molecule has 0 unspecified atom stereocenters. The van der Waals surface area contributed by atoms with Crippen LogP contribution in [0.5, 0.6) is 5.75 Å². The minimum Gasteiger partial charge on any atom is -0.496 e. The lowest BCUT2D eigenvalue weighted by Crippen LogP contribution is -2.04. The lowest BCUT2D eigenvalue weighted by molar-refractivity contribution is -0.385. The number of ether oxygens (including phenoxy) is 1. The topological polar surface area (TPSA) is 82.6 Å². The van der Waals surface area contributed by atoms with Gasteiger partial charge in [-0.25, -0.2) is 4.79 Å². The van der Waals surface area contributed by atoms with Crippen molar-refractivity contribution in [2.75, 3.05) is 7.11 Å². The molecule has 0 saturated heterocycles. The summed E-state index contributed by atoms with van der Waals surface area (Å²) in [5.74, 6) is 0.550. The third-order valence-corrected chi connectivity index (χ3v) is 3.52. The molecule has 0 bridgehead atoms. The van der Waals surface area contributed by atoms with E-state index in [1.165, 1.54) is 13.2 Å². The molecule has 6 nitrogen and oxygen atoms in total. The number of rotatable bonds is 2. The van der Waals surface area contributed by atoms with Gasteiger partial charge in [-0.3, -0.25) is 10.1 Å². The third-order valence-electron chi connectivity index (χ3n) is 3.52. The van der Waals surface area contributed by atoms with Crippen LogP contribution in [0.3, 0.4) is 0 Å². The molecule has 2 aromatic carbocycles. The molecular weight excluding hydrogens is 274 g/mol. The molecule has 0 aliphatic rings. The number of aryl methyl sites for hydroxylation is 1. The summed E-state index contributed by atoms with van der Waals surface area (Å²) in [6.45, 7) is 1.54. The van der Waals surface area contributed by atoms with E-state index in [9.17, 15) is 14.9 Å². The van der Waals surface area contributed by atoms with Crippen LogP contribution in [0.15, 0.2) is 39.5 Å². The lowest BCUT2D eigenvalue weighted by Gasteiger charge is -2.08. The normalized spacial score (nSPS) is 11.0. The Morgan fingerprint density at radius 2 is 1.95 bits per heavy atom. The van der Waals surface area contributed by atoms with E-state index in [1.807, 2.05) is 0 Å². The zero-order valence-electron chi connectivity index (χ0n) is 11.4. The van der Waals surface area contributed by atoms with E-state index in [2.05, 4.69) is 0 Å². The zero-order valence-corrected chi connectivity index (χ0v) is 11.4. The highest BCUT2D eigenvalue weighted by molar-refractivity contribution is 6.09. The highest BCUT2D eigenvalue weighted by atomic mass is 16.6. The van der Waals surface area contributed by atoms with Crippen molar-refractivity contribution in [3.05, 3.63) is 56.4 Å². The predicted octanol–water partition coefficient (Wildman–Crippen LogP) is 3.17. The molecule has 106 valence electrons. The summed E-state index contributed by atoms with van der Waals surface area (Å²) in [7, 11) is 1.52. The summed E-state index contributed by atoms with van der Waals surface area (Å²) >= 11 is 0. The Kier molecular flexibility index (Phi) is 2.86. The summed E-state index contributed by atoms with van der Waals surface area (Å²) < 4.78 is 10.6. The number of benzene rings is 2. The van der Waals surface area contributed by atoms with Crippen molar-refractivity contribution in [1.82, 2.24) is 0 Å². The Morgan fingerprint density at radius 3 is 2.62 bits per heavy atom. The van der Waals surface area contributed by atoms with Crippen molar-refractivity contribution < 1.29 is 14.1 Å². The van der Waals surface area contributed by atoms with E-state index in [0.29, 0.717) is 27.7 Å². The van der Waals surface area contributed by atoms with E-state index in [1.54, 1.807) is 31.2 Å². The van der Waals surface area contributed by atoms with Gasteiger partial charge in [-0.05, 0) is 25.1 Å². The number of methoxy groups -OCH3 is 1. The van der Waals surface area contributed by atoms with E-state index < -0.39 is 10.5 Å². The van der Waals surface area contributed by atoms with E-state index in [0.717, 1.165) is 0 Å². The molecular formula is C15H11NO5. The van der Waals surface area contributed by atoms with Crippen LogP contribution in [-0.2, 0) is 0 Å². The predicted molar refractivity (Wildman–Crippen MR) is 77.9 cm³/mol. The maximum Gasteiger partial charge on any atom is 0.344 e. The second-order valence-corrected chi connectivity index (χ2v) is 4.61. The SMILES string of the molecule is COc1cccc2oc(=O)c3c(C)c([N+](=O)[O-])ccc3c12. The maximum atomic E-state index is 12.2. The number of nitro groups is 1. The van der Waals surface area contributed by atoms with Crippen molar-refractivity contribution in [3.8, 4) is 5.75 Å². The Bertz CT molecular complexity index is 942. The van der Waals surface area contributed by atoms with Crippen molar-refractivity contribution in [3.63, 3.8) is 0 Å². The third kappa shape index (κ3) is 1.84. The standard InChI is InChI=1S/C15H11NO5/c1-8-10(16(18)19)7-6-9-13(8)15(17)21-12-5-3-4-11(20-2)14(9)12/h3-7H,1-2H3. The fourth-order valence-electron chi connectivity index (χ4n) is 2.55. The van der Waals surface area contributed by atoms with Crippen LogP contribution in [-0.4, -0.2) is 12.0 Å². The first-order valence-corrected chi connectivity index (χ1v) is 6.22. The number of fused-ring (bicyclic) bond motifs is 3. The van der Waals surface area contributed by atoms with Crippen molar-refractivity contribution in [2.45, 2.75) is 6.92 Å². The molecule has 3 rings (SSSR count). The average molecular weight is 285 g/mol. The van der Waals surface area contributed by atoms with Gasteiger partial charge >= 0.3 is 5.63 Å². The molecule has 0 amide bonds. The first kappa shape index (κ1) is 13.1. The lowest BCUT2D eigenvalue weighted by atomic mass is 10.0. The molecule has 0 radical (unpaired) electrons. The Morgan fingerprint density at radius 1 is 1.19 bits per heavy atom. The van der Waals surface area contributed by atoms with Crippen molar-refractivity contribution in [1.29, 1.82) is 0 Å². The minimum absolute atomic E-state index is 0.107.